The molecule has 0 radical (unpaired) electrons. The van der Waals surface area contributed by atoms with Crippen LogP contribution in [0.4, 0.5) is 0 Å². The van der Waals surface area contributed by atoms with Crippen LogP contribution in [0.5, 0.6) is 5.75 Å². The van der Waals surface area contributed by atoms with Crippen molar-refractivity contribution < 1.29 is 19.0 Å². The molecule has 0 aliphatic heterocycles. The van der Waals surface area contributed by atoms with Crippen molar-refractivity contribution >= 4 is 24.6 Å². The van der Waals surface area contributed by atoms with E-state index < -0.39 is 7.23 Å². The van der Waals surface area contributed by atoms with E-state index in [4.69, 9.17) is 9.63 Å². The van der Waals surface area contributed by atoms with Gasteiger partial charge in [0.2, 0.25) is 7.23 Å². The van der Waals surface area contributed by atoms with Gasteiger partial charge in [-0.25, -0.2) is 0 Å². The van der Waals surface area contributed by atoms with Crippen LogP contribution in [-0.4, -0.2) is 10.9 Å². The van der Waals surface area contributed by atoms with Crippen LogP contribution in [0.3, 0.4) is 0 Å². The molecule has 1 aromatic rings. The monoisotopic (exact) mass is 246 g/mol. The predicted molar refractivity (Wildman–Crippen MR) is 60.3 cm³/mol. The molecule has 15 heavy (non-hydrogen) atoms. The quantitative estimate of drug-likeness (QED) is 0.501. The third kappa shape index (κ3) is 5.02. The van der Waals surface area contributed by atoms with Gasteiger partial charge in [0.15, 0.2) is 0 Å². The zero-order chi connectivity index (χ0) is 11.3. The second kappa shape index (κ2) is 5.95. The number of carbonyl (C=O) groups is 1. The van der Waals surface area contributed by atoms with E-state index >= 15 is 0 Å². The van der Waals surface area contributed by atoms with Crippen LogP contribution >= 0.6 is 18.6 Å². The van der Waals surface area contributed by atoms with Crippen molar-refractivity contribution in [3.63, 3.8) is 0 Å². The number of rotatable bonds is 4. The Morgan fingerprint density at radius 1 is 1.47 bits per heavy atom. The zero-order valence-electron chi connectivity index (χ0n) is 8.10. The number of esters is 1. The Balaban J connectivity index is 2.56. The smallest absolute Gasteiger partial charge is 0.308 e. The third-order valence-corrected chi connectivity index (χ3v) is 3.45. The van der Waals surface area contributed by atoms with Gasteiger partial charge in [-0.2, -0.15) is 0 Å². The molecule has 1 unspecified atom stereocenters. The van der Waals surface area contributed by atoms with Crippen LogP contribution < -0.4 is 4.74 Å². The lowest BCUT2D eigenvalue weighted by molar-refractivity contribution is -0.131. The van der Waals surface area contributed by atoms with Crippen LogP contribution in [0.1, 0.15) is 12.5 Å². The van der Waals surface area contributed by atoms with Gasteiger partial charge in [0.1, 0.15) is 5.75 Å². The van der Waals surface area contributed by atoms with Gasteiger partial charge in [0, 0.05) is 12.7 Å². The fraction of sp³-hybridized carbons (Fsp3) is 0.222. The van der Waals surface area contributed by atoms with Crippen molar-refractivity contribution in [1.82, 2.24) is 0 Å². The highest BCUT2D eigenvalue weighted by Crippen LogP contribution is 2.35. The maximum absolute atomic E-state index is 10.6. The average molecular weight is 246 g/mol. The van der Waals surface area contributed by atoms with E-state index in [-0.39, 0.29) is 5.97 Å². The van der Waals surface area contributed by atoms with E-state index in [1.807, 2.05) is 0 Å². The SMILES string of the molecule is CC(=O)Oc1ccc(CS[PH](=O)O)cc1. The van der Waals surface area contributed by atoms with E-state index in [2.05, 4.69) is 0 Å². The van der Waals surface area contributed by atoms with E-state index in [0.29, 0.717) is 11.5 Å². The summed E-state index contributed by atoms with van der Waals surface area (Å²) >= 11 is 0.998. The Bertz CT molecular complexity index is 363. The van der Waals surface area contributed by atoms with E-state index in [1.54, 1.807) is 24.3 Å². The average Bonchev–Trinajstić information content (AvgIpc) is 2.16. The topological polar surface area (TPSA) is 63.6 Å². The molecule has 0 heterocycles. The number of ether oxygens (including phenoxy) is 1. The highest BCUT2D eigenvalue weighted by Gasteiger charge is 2.00. The van der Waals surface area contributed by atoms with Gasteiger partial charge in [0.05, 0.1) is 0 Å². The van der Waals surface area contributed by atoms with Gasteiger partial charge in [-0.1, -0.05) is 23.5 Å². The van der Waals surface area contributed by atoms with Crippen LogP contribution in [0.15, 0.2) is 24.3 Å². The Kier molecular flexibility index (Phi) is 4.88. The zero-order valence-corrected chi connectivity index (χ0v) is 9.91. The van der Waals surface area contributed by atoms with Crippen LogP contribution in [0.25, 0.3) is 0 Å². The fourth-order valence-corrected chi connectivity index (χ4v) is 2.32. The lowest BCUT2D eigenvalue weighted by Crippen LogP contribution is -2.00. The largest absolute Gasteiger partial charge is 0.427 e. The molecule has 1 rings (SSSR count). The first-order chi connectivity index (χ1) is 7.08. The normalized spacial score (nSPS) is 12.1. The van der Waals surface area contributed by atoms with Gasteiger partial charge in [-0.05, 0) is 17.7 Å². The molecule has 4 nitrogen and oxygen atoms in total. The molecule has 0 amide bonds. The number of benzene rings is 1. The van der Waals surface area contributed by atoms with Crippen molar-refractivity contribution in [2.24, 2.45) is 0 Å². The van der Waals surface area contributed by atoms with Crippen molar-refractivity contribution in [2.75, 3.05) is 0 Å². The fourth-order valence-electron chi connectivity index (χ4n) is 0.965. The number of hydrogen-bond acceptors (Lipinski definition) is 4. The van der Waals surface area contributed by atoms with E-state index in [0.717, 1.165) is 16.9 Å². The van der Waals surface area contributed by atoms with Crippen molar-refractivity contribution in [3.8, 4) is 5.75 Å². The highest BCUT2D eigenvalue weighted by molar-refractivity contribution is 8.49. The molecule has 1 aromatic carbocycles. The molecule has 0 saturated heterocycles. The Morgan fingerprint density at radius 3 is 2.53 bits per heavy atom. The Hall–Kier alpha value is -0.770. The van der Waals surface area contributed by atoms with Gasteiger partial charge >= 0.3 is 5.97 Å². The van der Waals surface area contributed by atoms with Crippen LogP contribution in [-0.2, 0) is 15.1 Å². The maximum atomic E-state index is 10.6. The summed E-state index contributed by atoms with van der Waals surface area (Å²) in [6, 6.07) is 6.84. The first kappa shape index (κ1) is 12.3. The minimum atomic E-state index is -2.48. The molecule has 1 N–H and O–H groups in total. The minimum absolute atomic E-state index is 0.363. The third-order valence-electron chi connectivity index (χ3n) is 1.55. The van der Waals surface area contributed by atoms with Gasteiger partial charge < -0.3 is 9.63 Å². The molecule has 82 valence electrons. The van der Waals surface area contributed by atoms with Crippen molar-refractivity contribution in [1.29, 1.82) is 0 Å². The number of carbonyl (C=O) groups excluding carboxylic acids is 1. The summed E-state index contributed by atoms with van der Waals surface area (Å²) in [7, 11) is -2.48. The molecule has 0 aliphatic carbocycles. The summed E-state index contributed by atoms with van der Waals surface area (Å²) < 4.78 is 15.3. The van der Waals surface area contributed by atoms with E-state index in [1.165, 1.54) is 6.92 Å². The lowest BCUT2D eigenvalue weighted by atomic mass is 10.2. The van der Waals surface area contributed by atoms with Gasteiger partial charge in [0.25, 0.3) is 0 Å². The lowest BCUT2D eigenvalue weighted by Gasteiger charge is -2.02. The number of hydrogen-bond donors (Lipinski definition) is 1. The summed E-state index contributed by atoms with van der Waals surface area (Å²) in [5, 5.41) is 0. The molecule has 0 aliphatic rings. The van der Waals surface area contributed by atoms with Crippen LogP contribution in [0.2, 0.25) is 0 Å². The molecule has 0 spiro atoms. The first-order valence-electron chi connectivity index (χ1n) is 4.21. The summed E-state index contributed by atoms with van der Waals surface area (Å²) in [4.78, 5) is 19.2. The standard InChI is InChI=1S/C9H11O4PS/c1-7(10)13-9-4-2-8(3-5-9)6-15-14(11)12/h2-5,14H,6H2,1H3,(H,11,12). The first-order valence-corrected chi connectivity index (χ1v) is 7.27. The van der Waals surface area contributed by atoms with Gasteiger partial charge in [-0.3, -0.25) is 9.36 Å². The van der Waals surface area contributed by atoms with E-state index in [9.17, 15) is 9.36 Å². The molecule has 0 bridgehead atoms. The Morgan fingerprint density at radius 2 is 2.07 bits per heavy atom. The molecule has 0 saturated carbocycles. The summed E-state index contributed by atoms with van der Waals surface area (Å²) in [5.74, 6) is 0.597. The van der Waals surface area contributed by atoms with Gasteiger partial charge in [-0.15, -0.1) is 0 Å². The summed E-state index contributed by atoms with van der Waals surface area (Å²) in [5.41, 5.74) is 0.920. The second-order valence-electron chi connectivity index (χ2n) is 2.79. The molecular weight excluding hydrogens is 235 g/mol. The summed E-state index contributed by atoms with van der Waals surface area (Å²) in [6.07, 6.45) is 0. The van der Waals surface area contributed by atoms with Crippen molar-refractivity contribution in [2.45, 2.75) is 12.7 Å². The molecule has 0 fully saturated rings. The maximum Gasteiger partial charge on any atom is 0.308 e. The second-order valence-corrected chi connectivity index (χ2v) is 5.82. The summed E-state index contributed by atoms with van der Waals surface area (Å²) in [6.45, 7) is 1.33. The van der Waals surface area contributed by atoms with Crippen LogP contribution in [0, 0.1) is 0 Å². The molecular formula is C9H11O4PS. The molecule has 1 atom stereocenters. The molecule has 6 heteroatoms. The minimum Gasteiger partial charge on any atom is -0.427 e. The predicted octanol–water partition coefficient (Wildman–Crippen LogP) is 2.23. The van der Waals surface area contributed by atoms with Crippen molar-refractivity contribution in [3.05, 3.63) is 29.8 Å². The Labute approximate surface area is 92.3 Å². The highest BCUT2D eigenvalue weighted by atomic mass is 32.7. The molecule has 0 aromatic heterocycles.